The molecule has 0 aliphatic carbocycles. The van der Waals surface area contributed by atoms with Gasteiger partial charge in [0.1, 0.15) is 6.07 Å². The van der Waals surface area contributed by atoms with Gasteiger partial charge in [0.05, 0.1) is 16.8 Å². The number of rotatable bonds is 1. The minimum absolute atomic E-state index is 0.0719. The van der Waals surface area contributed by atoms with Crippen molar-refractivity contribution >= 4 is 22.6 Å². The van der Waals surface area contributed by atoms with E-state index >= 15 is 0 Å². The van der Waals surface area contributed by atoms with Crippen molar-refractivity contribution < 1.29 is 13.2 Å². The molecule has 0 aliphatic rings. The lowest BCUT2D eigenvalue weighted by atomic mass is 10.1. The molecule has 1 aromatic carbocycles. The van der Waals surface area contributed by atoms with E-state index in [0.717, 1.165) is 30.0 Å². The molecule has 1 aromatic rings. The van der Waals surface area contributed by atoms with Gasteiger partial charge in [-0.15, -0.1) is 0 Å². The van der Waals surface area contributed by atoms with Gasteiger partial charge in [0.25, 0.3) is 0 Å². The van der Waals surface area contributed by atoms with E-state index in [2.05, 4.69) is 10.3 Å². The third-order valence-electron chi connectivity index (χ3n) is 2.02. The van der Waals surface area contributed by atoms with Crippen LogP contribution in [-0.4, -0.2) is 11.4 Å². The molecule has 19 heavy (non-hydrogen) atoms. The van der Waals surface area contributed by atoms with Crippen LogP contribution in [0.2, 0.25) is 0 Å². The Balaban J connectivity index is 3.25. The number of hydrogen-bond acceptors (Lipinski definition) is 4. The molecule has 0 atom stereocenters. The molecule has 98 valence electrons. The number of benzene rings is 1. The molecule has 0 spiro atoms. The quantitative estimate of drug-likeness (QED) is 0.372. The maximum atomic E-state index is 12.5. The van der Waals surface area contributed by atoms with Gasteiger partial charge < -0.3 is 0 Å². The fourth-order valence-electron chi connectivity index (χ4n) is 1.18. The summed E-state index contributed by atoms with van der Waals surface area (Å²) in [5.41, 5.74) is -1.05. The van der Waals surface area contributed by atoms with Gasteiger partial charge in [-0.3, -0.25) is 5.32 Å². The summed E-state index contributed by atoms with van der Waals surface area (Å²) in [5.74, 6) is 0. The summed E-state index contributed by atoms with van der Waals surface area (Å²) >= 11 is 1.10. The molecular weight excluding hydrogens is 277 g/mol. The summed E-state index contributed by atoms with van der Waals surface area (Å²) in [6.07, 6.45) is -1.23. The number of thioether (sulfide) groups is 1. The zero-order chi connectivity index (χ0) is 14.5. The van der Waals surface area contributed by atoms with Gasteiger partial charge in [0.15, 0.2) is 11.4 Å². The molecule has 0 radical (unpaired) electrons. The largest absolute Gasteiger partial charge is 0.416 e. The Morgan fingerprint density at radius 1 is 1.37 bits per heavy atom. The van der Waals surface area contributed by atoms with Gasteiger partial charge in [-0.2, -0.15) is 23.7 Å². The Morgan fingerprint density at radius 3 is 2.53 bits per heavy atom. The summed E-state index contributed by atoms with van der Waals surface area (Å²) in [6, 6.07) is 4.31. The normalized spacial score (nSPS) is 11.6. The Labute approximate surface area is 111 Å². The van der Waals surface area contributed by atoms with E-state index in [4.69, 9.17) is 10.5 Å². The Morgan fingerprint density at radius 2 is 2.05 bits per heavy atom. The minimum Gasteiger partial charge on any atom is -0.271 e. The van der Waals surface area contributed by atoms with Crippen LogP contribution in [0.25, 0.3) is 0 Å². The average Bonchev–Trinajstić information content (AvgIpc) is 2.37. The fourth-order valence-corrected chi connectivity index (χ4v) is 1.52. The molecule has 0 bridgehead atoms. The number of halogens is 3. The highest BCUT2D eigenvalue weighted by atomic mass is 32.2. The second-order valence-corrected chi connectivity index (χ2v) is 3.99. The predicted molar refractivity (Wildman–Crippen MR) is 65.5 cm³/mol. The molecule has 8 heteroatoms. The first-order valence-corrected chi connectivity index (χ1v) is 6.04. The number of nitrogens with zero attached hydrogens (tertiary/aromatic N) is 3. The zero-order valence-electron chi connectivity index (χ0n) is 9.62. The number of amidine groups is 1. The monoisotopic (exact) mass is 284 g/mol. The van der Waals surface area contributed by atoms with Crippen molar-refractivity contribution in [2.24, 2.45) is 4.99 Å². The van der Waals surface area contributed by atoms with E-state index in [9.17, 15) is 13.2 Å². The standard InChI is InChI=1S/C11H7F3N4S/c1-19-10(17-6-16)18-9-3-2-8(11(12,13)14)4-7(9)5-15/h2-4H,1H3,(H,17,18). The number of nitrogens with one attached hydrogen (secondary N) is 1. The van der Waals surface area contributed by atoms with Crippen LogP contribution in [0.4, 0.5) is 18.9 Å². The van der Waals surface area contributed by atoms with Crippen LogP contribution >= 0.6 is 11.8 Å². The first-order chi connectivity index (χ1) is 8.92. The van der Waals surface area contributed by atoms with Crippen molar-refractivity contribution in [3.8, 4) is 12.3 Å². The van der Waals surface area contributed by atoms with Crippen LogP contribution in [-0.2, 0) is 6.18 Å². The highest BCUT2D eigenvalue weighted by Gasteiger charge is 2.31. The maximum absolute atomic E-state index is 12.5. The Bertz CT molecular complexity index is 581. The first kappa shape index (κ1) is 14.9. The van der Waals surface area contributed by atoms with E-state index in [0.29, 0.717) is 0 Å². The van der Waals surface area contributed by atoms with E-state index in [1.54, 1.807) is 18.5 Å². The van der Waals surface area contributed by atoms with Crippen molar-refractivity contribution in [3.05, 3.63) is 29.3 Å². The van der Waals surface area contributed by atoms with Gasteiger partial charge in [-0.1, -0.05) is 11.8 Å². The molecular formula is C11H7F3N4S. The van der Waals surface area contributed by atoms with Crippen molar-refractivity contribution in [1.82, 2.24) is 5.32 Å². The molecule has 0 aliphatic heterocycles. The molecule has 0 fully saturated rings. The first-order valence-electron chi connectivity index (χ1n) is 4.81. The van der Waals surface area contributed by atoms with Crippen molar-refractivity contribution in [2.75, 3.05) is 6.26 Å². The van der Waals surface area contributed by atoms with Crippen molar-refractivity contribution in [2.45, 2.75) is 6.18 Å². The van der Waals surface area contributed by atoms with Gasteiger partial charge in [0, 0.05) is 0 Å². The van der Waals surface area contributed by atoms with Crippen LogP contribution in [0, 0.1) is 22.8 Å². The lowest BCUT2D eigenvalue weighted by molar-refractivity contribution is -0.137. The molecule has 0 saturated carbocycles. The van der Waals surface area contributed by atoms with Crippen molar-refractivity contribution in [1.29, 1.82) is 10.5 Å². The molecule has 0 heterocycles. The highest BCUT2D eigenvalue weighted by Crippen LogP contribution is 2.32. The number of hydrogen-bond donors (Lipinski definition) is 1. The summed E-state index contributed by atoms with van der Waals surface area (Å²) in [4.78, 5) is 3.92. The lowest BCUT2D eigenvalue weighted by Crippen LogP contribution is -2.12. The molecule has 0 saturated heterocycles. The van der Waals surface area contributed by atoms with Crippen LogP contribution in [0.1, 0.15) is 11.1 Å². The van der Waals surface area contributed by atoms with Crippen LogP contribution in [0.5, 0.6) is 0 Å². The van der Waals surface area contributed by atoms with Crippen LogP contribution in [0.3, 0.4) is 0 Å². The van der Waals surface area contributed by atoms with Gasteiger partial charge >= 0.3 is 6.18 Å². The third kappa shape index (κ3) is 3.90. The van der Waals surface area contributed by atoms with Gasteiger partial charge in [0.2, 0.25) is 0 Å². The Kier molecular flexibility index (Phi) is 4.79. The molecule has 0 aromatic heterocycles. The Hall–Kier alpha value is -2.19. The number of aliphatic imine (C=N–C) groups is 1. The van der Waals surface area contributed by atoms with E-state index in [1.807, 2.05) is 0 Å². The molecule has 4 nitrogen and oxygen atoms in total. The molecule has 1 N–H and O–H groups in total. The van der Waals surface area contributed by atoms with E-state index in [1.165, 1.54) is 0 Å². The van der Waals surface area contributed by atoms with Gasteiger partial charge in [-0.25, -0.2) is 4.99 Å². The predicted octanol–water partition coefficient (Wildman–Crippen LogP) is 3.00. The smallest absolute Gasteiger partial charge is 0.271 e. The minimum atomic E-state index is -4.51. The van der Waals surface area contributed by atoms with Gasteiger partial charge in [-0.05, 0) is 24.5 Å². The van der Waals surface area contributed by atoms with E-state index in [-0.39, 0.29) is 16.4 Å². The van der Waals surface area contributed by atoms with Crippen LogP contribution in [0.15, 0.2) is 23.2 Å². The van der Waals surface area contributed by atoms with Crippen LogP contribution < -0.4 is 5.32 Å². The van der Waals surface area contributed by atoms with E-state index < -0.39 is 11.7 Å². The number of alkyl halides is 3. The number of nitriles is 2. The molecule has 1 rings (SSSR count). The summed E-state index contributed by atoms with van der Waals surface area (Å²) in [6.45, 7) is 0. The second kappa shape index (κ2) is 6.12. The fraction of sp³-hybridized carbons (Fsp3) is 0.182. The summed E-state index contributed by atoms with van der Waals surface area (Å²) in [5, 5.41) is 19.8. The SMILES string of the molecule is CSC(=Nc1ccc(C(F)(F)F)cc1C#N)NC#N. The lowest BCUT2D eigenvalue weighted by Gasteiger charge is -2.08. The maximum Gasteiger partial charge on any atom is 0.416 e. The third-order valence-corrected chi connectivity index (χ3v) is 2.60. The summed E-state index contributed by atoms with van der Waals surface area (Å²) in [7, 11) is 0. The molecule has 0 amide bonds. The second-order valence-electron chi connectivity index (χ2n) is 3.20. The van der Waals surface area contributed by atoms with Crippen molar-refractivity contribution in [3.63, 3.8) is 0 Å². The highest BCUT2D eigenvalue weighted by molar-refractivity contribution is 8.13. The topological polar surface area (TPSA) is 72.0 Å². The zero-order valence-corrected chi connectivity index (χ0v) is 10.4. The molecule has 0 unspecified atom stereocenters. The summed E-state index contributed by atoms with van der Waals surface area (Å²) < 4.78 is 37.4. The average molecular weight is 284 g/mol.